The van der Waals surface area contributed by atoms with Crippen molar-refractivity contribution < 1.29 is 16.8 Å². The van der Waals surface area contributed by atoms with Crippen LogP contribution >= 0.6 is 11.3 Å². The van der Waals surface area contributed by atoms with Crippen molar-refractivity contribution in [2.75, 3.05) is 11.5 Å². The zero-order valence-corrected chi connectivity index (χ0v) is 12.1. The van der Waals surface area contributed by atoms with Crippen LogP contribution in [0.2, 0.25) is 0 Å². The van der Waals surface area contributed by atoms with Gasteiger partial charge in [0, 0.05) is 10.6 Å². The van der Waals surface area contributed by atoms with Crippen molar-refractivity contribution in [3.8, 4) is 0 Å². The third-order valence-corrected chi connectivity index (χ3v) is 6.34. The van der Waals surface area contributed by atoms with Gasteiger partial charge in [-0.25, -0.2) is 16.8 Å². The van der Waals surface area contributed by atoms with Gasteiger partial charge in [0.15, 0.2) is 9.84 Å². The van der Waals surface area contributed by atoms with Gasteiger partial charge in [-0.15, -0.1) is 11.3 Å². The molecule has 0 aliphatic rings. The van der Waals surface area contributed by atoms with Crippen LogP contribution in [0, 0.1) is 6.92 Å². The van der Waals surface area contributed by atoms with Crippen LogP contribution in [-0.2, 0) is 20.5 Å². The van der Waals surface area contributed by atoms with Crippen molar-refractivity contribution in [1.29, 1.82) is 0 Å². The highest BCUT2D eigenvalue weighted by Crippen LogP contribution is 2.22. The largest absolute Gasteiger partial charge is 0.232 e. The van der Waals surface area contributed by atoms with Gasteiger partial charge in [0.05, 0.1) is 5.75 Å². The van der Waals surface area contributed by atoms with E-state index in [-0.39, 0.29) is 11.5 Å². The lowest BCUT2D eigenvalue weighted by atomic mass is 10.3. The first-order valence-corrected chi connectivity index (χ1v) is 9.16. The molecule has 0 aliphatic carbocycles. The topological polar surface area (TPSA) is 68.3 Å². The number of hydrogen-bond donors (Lipinski definition) is 1. The van der Waals surface area contributed by atoms with Gasteiger partial charge in [-0.3, -0.25) is 0 Å². The summed E-state index contributed by atoms with van der Waals surface area (Å²) in [6.45, 7) is 1.87. The van der Waals surface area contributed by atoms with E-state index >= 15 is 0 Å². The Labute approximate surface area is 108 Å². The second-order valence-electron chi connectivity index (χ2n) is 3.80. The highest BCUT2D eigenvalue weighted by Gasteiger charge is 2.15. The molecule has 0 aromatic carbocycles. The highest BCUT2D eigenvalue weighted by molar-refractivity contribution is 7.93. The number of sulfone groups is 1. The van der Waals surface area contributed by atoms with Crippen LogP contribution < -0.4 is 0 Å². The number of unbranched alkanes of at least 4 members (excludes halogenated alkanes) is 2. The maximum atomic E-state index is 11.8. The molecule has 0 spiro atoms. The van der Waals surface area contributed by atoms with Crippen molar-refractivity contribution in [2.45, 2.75) is 30.4 Å². The molecule has 0 aliphatic heterocycles. The van der Waals surface area contributed by atoms with Gasteiger partial charge in [0.2, 0.25) is 0 Å². The molecule has 0 atom stereocenters. The minimum Gasteiger partial charge on any atom is -0.232 e. The van der Waals surface area contributed by atoms with E-state index in [0.29, 0.717) is 23.5 Å². The van der Waals surface area contributed by atoms with Gasteiger partial charge < -0.3 is 0 Å². The molecule has 0 radical (unpaired) electrons. The van der Waals surface area contributed by atoms with E-state index in [1.54, 1.807) is 12.1 Å². The number of thiol groups is 1. The molecule has 0 amide bonds. The summed E-state index contributed by atoms with van der Waals surface area (Å²) in [6.07, 6.45) is 1.69. The molecular formula is C10H16O4S3. The molecule has 1 aromatic heterocycles. The van der Waals surface area contributed by atoms with Gasteiger partial charge in [-0.05, 0) is 31.9 Å². The summed E-state index contributed by atoms with van der Waals surface area (Å²) in [4.78, 5) is 0.979. The average molecular weight is 296 g/mol. The van der Waals surface area contributed by atoms with Gasteiger partial charge in [-0.2, -0.15) is 0 Å². The third-order valence-electron chi connectivity index (χ3n) is 2.28. The van der Waals surface area contributed by atoms with E-state index in [0.717, 1.165) is 4.88 Å². The van der Waals surface area contributed by atoms with Gasteiger partial charge in [0.25, 0.3) is 0 Å². The normalized spacial score (nSPS) is 12.1. The maximum Gasteiger partial charge on any atom is 0.187 e. The number of hydrogen-bond acceptors (Lipinski definition) is 5. The van der Waals surface area contributed by atoms with Gasteiger partial charge >= 0.3 is 0 Å². The first-order valence-electron chi connectivity index (χ1n) is 5.33. The van der Waals surface area contributed by atoms with Gasteiger partial charge in [0.1, 0.15) is 14.9 Å². The van der Waals surface area contributed by atoms with Crippen molar-refractivity contribution in [1.82, 2.24) is 0 Å². The molecule has 98 valence electrons. The fourth-order valence-corrected chi connectivity index (χ4v) is 4.67. The molecule has 0 saturated heterocycles. The van der Waals surface area contributed by atoms with Crippen LogP contribution in [0.4, 0.5) is 0 Å². The van der Waals surface area contributed by atoms with Crippen molar-refractivity contribution in [2.24, 2.45) is 0 Å². The first-order chi connectivity index (χ1) is 7.92. The van der Waals surface area contributed by atoms with Crippen LogP contribution in [0.25, 0.3) is 0 Å². The lowest BCUT2D eigenvalue weighted by molar-refractivity contribution is 0.592. The average Bonchev–Trinajstić information content (AvgIpc) is 2.64. The second kappa shape index (κ2) is 6.51. The Kier molecular flexibility index (Phi) is 5.61. The SMILES string of the molecule is Cc1ccc(S(=O)(=O)CCCCC[SH](=O)=O)s1. The summed E-state index contributed by atoms with van der Waals surface area (Å²) >= 11 is 1.28. The molecular weight excluding hydrogens is 280 g/mol. The highest BCUT2D eigenvalue weighted by atomic mass is 32.2. The molecule has 0 fully saturated rings. The molecule has 0 bridgehead atoms. The van der Waals surface area contributed by atoms with Crippen LogP contribution in [-0.4, -0.2) is 28.3 Å². The Morgan fingerprint density at radius 1 is 1.18 bits per heavy atom. The standard InChI is InChI=1S/C10H16O4S3/c1-9-5-6-10(15-9)17(13,14)8-4-2-3-7-16(11)12/h5-6,16H,2-4,7-8H2,1H3. The summed E-state index contributed by atoms with van der Waals surface area (Å²) in [7, 11) is -5.51. The van der Waals surface area contributed by atoms with Crippen LogP contribution in [0.1, 0.15) is 24.1 Å². The Morgan fingerprint density at radius 2 is 1.88 bits per heavy atom. The van der Waals surface area contributed by atoms with Crippen LogP contribution in [0.15, 0.2) is 16.3 Å². The Bertz CT molecular complexity index is 518. The number of aryl methyl sites for hydroxylation is 1. The van der Waals surface area contributed by atoms with E-state index in [1.165, 1.54) is 11.3 Å². The number of thiophene rings is 1. The summed E-state index contributed by atoms with van der Waals surface area (Å²) in [5.74, 6) is 0.246. The molecule has 1 aromatic rings. The van der Waals surface area contributed by atoms with E-state index in [1.807, 2.05) is 6.92 Å². The monoisotopic (exact) mass is 296 g/mol. The zero-order valence-electron chi connectivity index (χ0n) is 9.59. The molecule has 4 nitrogen and oxygen atoms in total. The molecule has 0 N–H and O–H groups in total. The fourth-order valence-electron chi connectivity index (χ4n) is 1.39. The minimum absolute atomic E-state index is 0.0998. The molecule has 1 heterocycles. The smallest absolute Gasteiger partial charge is 0.187 e. The van der Waals surface area contributed by atoms with E-state index in [4.69, 9.17) is 0 Å². The summed E-state index contributed by atoms with van der Waals surface area (Å²) < 4.78 is 44.7. The van der Waals surface area contributed by atoms with Crippen molar-refractivity contribution in [3.05, 3.63) is 17.0 Å². The minimum atomic E-state index is -3.17. The lowest BCUT2D eigenvalue weighted by Crippen LogP contribution is -2.05. The van der Waals surface area contributed by atoms with Crippen molar-refractivity contribution in [3.63, 3.8) is 0 Å². The van der Waals surface area contributed by atoms with Crippen LogP contribution in [0.3, 0.4) is 0 Å². The molecule has 7 heteroatoms. The summed E-state index contributed by atoms with van der Waals surface area (Å²) in [5, 5.41) is 0. The van der Waals surface area contributed by atoms with Gasteiger partial charge in [-0.1, -0.05) is 6.42 Å². The molecule has 0 saturated carbocycles. The predicted molar refractivity (Wildman–Crippen MR) is 70.1 cm³/mol. The molecule has 1 rings (SSSR count). The van der Waals surface area contributed by atoms with E-state index < -0.39 is 20.5 Å². The molecule has 0 unspecified atom stereocenters. The predicted octanol–water partition coefficient (Wildman–Crippen LogP) is 1.61. The number of rotatable bonds is 7. The summed E-state index contributed by atoms with van der Waals surface area (Å²) in [6, 6.07) is 3.42. The fraction of sp³-hybridized carbons (Fsp3) is 0.600. The van der Waals surface area contributed by atoms with Crippen LogP contribution in [0.5, 0.6) is 0 Å². The second-order valence-corrected chi connectivity index (χ2v) is 8.54. The van der Waals surface area contributed by atoms with E-state index in [2.05, 4.69) is 0 Å². The third kappa shape index (κ3) is 5.18. The first kappa shape index (κ1) is 14.7. The maximum absolute atomic E-state index is 11.8. The Morgan fingerprint density at radius 3 is 2.41 bits per heavy atom. The molecule has 17 heavy (non-hydrogen) atoms. The van der Waals surface area contributed by atoms with Crippen molar-refractivity contribution >= 4 is 31.9 Å². The lowest BCUT2D eigenvalue weighted by Gasteiger charge is -2.00. The van der Waals surface area contributed by atoms with E-state index in [9.17, 15) is 16.8 Å². The Hall–Kier alpha value is -0.400. The quantitative estimate of drug-likeness (QED) is 0.613. The Balaban J connectivity index is 2.41. The zero-order chi connectivity index (χ0) is 12.9. The summed E-state index contributed by atoms with van der Waals surface area (Å²) in [5.41, 5.74) is 0.